The van der Waals surface area contributed by atoms with Gasteiger partial charge < -0.3 is 15.6 Å². The maximum Gasteiger partial charge on any atom is 0.303 e. The van der Waals surface area contributed by atoms with E-state index in [4.69, 9.17) is 10.8 Å². The number of ketones is 2. The predicted octanol–water partition coefficient (Wildman–Crippen LogP) is 1.00. The Balaban J connectivity index is -0.000000144. The lowest BCUT2D eigenvalue weighted by Crippen LogP contribution is -2.07. The zero-order valence-corrected chi connectivity index (χ0v) is 9.87. The number of rotatable bonds is 3. The Labute approximate surface area is 90.7 Å². The fourth-order valence-electron chi connectivity index (χ4n) is 0. The molecule has 0 aromatic heterocycles. The first kappa shape index (κ1) is 19.4. The van der Waals surface area contributed by atoms with Crippen LogP contribution in [0.15, 0.2) is 0 Å². The summed E-state index contributed by atoms with van der Waals surface area (Å²) in [5.74, 6) is -0.458. The second-order valence-corrected chi connectivity index (χ2v) is 2.71. The molecule has 0 aromatic rings. The molecule has 3 N–H and O–H groups in total. The molecule has 0 saturated heterocycles. The summed E-state index contributed by atoms with van der Waals surface area (Å²) in [7, 11) is 0. The van der Waals surface area contributed by atoms with Crippen molar-refractivity contribution in [2.45, 2.75) is 40.5 Å². The molecular weight excluding hydrogens is 198 g/mol. The van der Waals surface area contributed by atoms with Crippen molar-refractivity contribution in [3.05, 3.63) is 0 Å². The van der Waals surface area contributed by atoms with Crippen LogP contribution in [0.25, 0.3) is 0 Å². The molecule has 0 rings (SSSR count). The Bertz CT molecular complexity index is 157. The Kier molecular flexibility index (Phi) is 19.7. The van der Waals surface area contributed by atoms with E-state index >= 15 is 0 Å². The third-order valence-electron chi connectivity index (χ3n) is 1.09. The van der Waals surface area contributed by atoms with Gasteiger partial charge in [-0.25, -0.2) is 0 Å². The summed E-state index contributed by atoms with van der Waals surface area (Å²) in [4.78, 5) is 28.9. The second-order valence-electron chi connectivity index (χ2n) is 2.71. The van der Waals surface area contributed by atoms with Gasteiger partial charge in [0.15, 0.2) is 0 Å². The van der Waals surface area contributed by atoms with Gasteiger partial charge in [-0.15, -0.1) is 0 Å². The maximum atomic E-state index is 9.81. The standard InChI is InChI=1S/C4H8O.C3H7NO.C3H6O2/c1-3-4(2)5;1-3(5)2-4;1-2-3(4)5/h3H2,1-2H3;2,4H2,1H3;2H2,1H3,(H,4,5). The minimum absolute atomic E-state index is 0.0324. The summed E-state index contributed by atoms with van der Waals surface area (Å²) in [6.45, 7) is 6.66. The van der Waals surface area contributed by atoms with E-state index in [-0.39, 0.29) is 24.5 Å². The molecule has 5 heteroatoms. The third kappa shape index (κ3) is 65.1. The SMILES string of the molecule is CC(=O)CN.CCC(=O)O.CCC(C)=O. The van der Waals surface area contributed by atoms with Crippen LogP contribution < -0.4 is 5.73 Å². The lowest BCUT2D eigenvalue weighted by Gasteiger charge is -1.73. The molecule has 5 nitrogen and oxygen atoms in total. The zero-order chi connectivity index (χ0) is 12.9. The van der Waals surface area contributed by atoms with Crippen molar-refractivity contribution in [2.75, 3.05) is 6.54 Å². The Morgan fingerprint density at radius 3 is 1.20 bits per heavy atom. The van der Waals surface area contributed by atoms with Crippen LogP contribution in [0.4, 0.5) is 0 Å². The Morgan fingerprint density at radius 2 is 1.20 bits per heavy atom. The molecule has 0 aromatic carbocycles. The summed E-state index contributed by atoms with van der Waals surface area (Å²) in [6, 6.07) is 0. The molecule has 90 valence electrons. The van der Waals surface area contributed by atoms with Gasteiger partial charge in [0.2, 0.25) is 0 Å². The lowest BCUT2D eigenvalue weighted by molar-refractivity contribution is -0.136. The third-order valence-corrected chi connectivity index (χ3v) is 1.09. The molecule has 0 unspecified atom stereocenters. The van der Waals surface area contributed by atoms with E-state index in [1.807, 2.05) is 6.92 Å². The normalized spacial score (nSPS) is 7.53. The monoisotopic (exact) mass is 219 g/mol. The molecule has 0 aliphatic heterocycles. The molecule has 0 bridgehead atoms. The van der Waals surface area contributed by atoms with Gasteiger partial charge in [-0.2, -0.15) is 0 Å². The minimum atomic E-state index is -0.745. The predicted molar refractivity (Wildman–Crippen MR) is 58.6 cm³/mol. The number of carbonyl (C=O) groups is 3. The molecule has 0 spiro atoms. The van der Waals surface area contributed by atoms with Crippen LogP contribution >= 0.6 is 0 Å². The molecule has 0 fully saturated rings. The van der Waals surface area contributed by atoms with Crippen LogP contribution in [0.5, 0.6) is 0 Å². The largest absolute Gasteiger partial charge is 0.481 e. The van der Waals surface area contributed by atoms with E-state index in [1.165, 1.54) is 6.92 Å². The maximum absolute atomic E-state index is 9.81. The van der Waals surface area contributed by atoms with Crippen LogP contribution in [-0.2, 0) is 14.4 Å². The Morgan fingerprint density at radius 1 is 1.00 bits per heavy atom. The van der Waals surface area contributed by atoms with Gasteiger partial charge in [0, 0.05) is 12.8 Å². The zero-order valence-electron chi connectivity index (χ0n) is 9.87. The van der Waals surface area contributed by atoms with Gasteiger partial charge in [-0.3, -0.25) is 9.59 Å². The summed E-state index contributed by atoms with van der Waals surface area (Å²) >= 11 is 0. The molecule has 0 amide bonds. The van der Waals surface area contributed by atoms with E-state index in [0.29, 0.717) is 6.42 Å². The molecule has 0 saturated carbocycles. The number of carboxylic acid groups (broad SMARTS) is 1. The molecule has 0 radical (unpaired) electrons. The fraction of sp³-hybridized carbons (Fsp3) is 0.700. The van der Waals surface area contributed by atoms with Gasteiger partial charge >= 0.3 is 5.97 Å². The summed E-state index contributed by atoms with van der Waals surface area (Å²) in [5.41, 5.74) is 4.82. The van der Waals surface area contributed by atoms with Crippen LogP contribution in [0.2, 0.25) is 0 Å². The molecule has 15 heavy (non-hydrogen) atoms. The highest BCUT2D eigenvalue weighted by molar-refractivity contribution is 5.77. The number of carboxylic acids is 1. The minimum Gasteiger partial charge on any atom is -0.481 e. The quantitative estimate of drug-likeness (QED) is 0.738. The number of carbonyl (C=O) groups excluding carboxylic acids is 2. The number of aliphatic carboxylic acids is 1. The summed E-state index contributed by atoms with van der Waals surface area (Å²) in [6.07, 6.45) is 0.889. The lowest BCUT2D eigenvalue weighted by atomic mass is 10.4. The summed E-state index contributed by atoms with van der Waals surface area (Å²) < 4.78 is 0. The first-order valence-electron chi connectivity index (χ1n) is 4.72. The molecule has 0 atom stereocenters. The number of nitrogens with two attached hydrogens (primary N) is 1. The van der Waals surface area contributed by atoms with Crippen molar-refractivity contribution in [1.82, 2.24) is 0 Å². The number of hydrogen-bond acceptors (Lipinski definition) is 4. The molecule has 0 aliphatic rings. The highest BCUT2D eigenvalue weighted by Crippen LogP contribution is 1.71. The molecule has 0 heterocycles. The highest BCUT2D eigenvalue weighted by atomic mass is 16.4. The fourth-order valence-corrected chi connectivity index (χ4v) is 0. The van der Waals surface area contributed by atoms with Crippen molar-refractivity contribution in [3.63, 3.8) is 0 Å². The van der Waals surface area contributed by atoms with E-state index < -0.39 is 5.97 Å². The van der Waals surface area contributed by atoms with Crippen molar-refractivity contribution >= 4 is 17.5 Å². The van der Waals surface area contributed by atoms with Gasteiger partial charge in [0.25, 0.3) is 0 Å². The van der Waals surface area contributed by atoms with Crippen molar-refractivity contribution in [3.8, 4) is 0 Å². The van der Waals surface area contributed by atoms with E-state index in [0.717, 1.165) is 0 Å². The van der Waals surface area contributed by atoms with Crippen molar-refractivity contribution in [1.29, 1.82) is 0 Å². The summed E-state index contributed by atoms with van der Waals surface area (Å²) in [5, 5.41) is 7.72. The second kappa shape index (κ2) is 15.3. The van der Waals surface area contributed by atoms with Crippen molar-refractivity contribution in [2.24, 2.45) is 5.73 Å². The van der Waals surface area contributed by atoms with Crippen LogP contribution in [0, 0.1) is 0 Å². The Hall–Kier alpha value is -1.23. The van der Waals surface area contributed by atoms with E-state index in [1.54, 1.807) is 13.8 Å². The van der Waals surface area contributed by atoms with Gasteiger partial charge in [0.05, 0.1) is 6.54 Å². The van der Waals surface area contributed by atoms with Gasteiger partial charge in [0.1, 0.15) is 11.6 Å². The van der Waals surface area contributed by atoms with E-state index in [9.17, 15) is 14.4 Å². The van der Waals surface area contributed by atoms with Crippen molar-refractivity contribution < 1.29 is 19.5 Å². The first-order valence-corrected chi connectivity index (χ1v) is 4.72. The smallest absolute Gasteiger partial charge is 0.303 e. The topological polar surface area (TPSA) is 97.5 Å². The van der Waals surface area contributed by atoms with Gasteiger partial charge in [-0.1, -0.05) is 13.8 Å². The molecular formula is C10H21NO4. The van der Waals surface area contributed by atoms with Gasteiger partial charge in [-0.05, 0) is 13.8 Å². The first-order chi connectivity index (χ1) is 6.81. The molecule has 0 aliphatic carbocycles. The van der Waals surface area contributed by atoms with E-state index in [2.05, 4.69) is 0 Å². The average molecular weight is 219 g/mol. The van der Waals surface area contributed by atoms with Crippen LogP contribution in [0.3, 0.4) is 0 Å². The van der Waals surface area contributed by atoms with Crippen LogP contribution in [0.1, 0.15) is 40.5 Å². The van der Waals surface area contributed by atoms with Crippen LogP contribution in [-0.4, -0.2) is 29.2 Å². The average Bonchev–Trinajstić information content (AvgIpc) is 2.19. The number of Topliss-reactive ketones (excluding diaryl/α,β-unsaturated/α-hetero) is 2. The highest BCUT2D eigenvalue weighted by Gasteiger charge is 1.80. The number of hydrogen-bond donors (Lipinski definition) is 2.